The molecule has 104 valence electrons. The number of nitrogens with one attached hydrogen (secondary N) is 1. The van der Waals surface area contributed by atoms with E-state index in [9.17, 15) is 9.18 Å². The van der Waals surface area contributed by atoms with E-state index < -0.39 is 5.82 Å². The molecule has 5 heteroatoms. The lowest BCUT2D eigenvalue weighted by atomic mass is 10.2. The molecule has 0 aliphatic heterocycles. The zero-order valence-electron chi connectivity index (χ0n) is 10.8. The summed E-state index contributed by atoms with van der Waals surface area (Å²) in [7, 11) is 0. The summed E-state index contributed by atoms with van der Waals surface area (Å²) in [5.41, 5.74) is 6.22. The first-order chi connectivity index (χ1) is 9.69. The highest BCUT2D eigenvalue weighted by molar-refractivity contribution is 6.04. The molecule has 20 heavy (non-hydrogen) atoms. The number of ether oxygens (including phenoxy) is 1. The highest BCUT2D eigenvalue weighted by Gasteiger charge is 2.06. The topological polar surface area (TPSA) is 64.3 Å². The number of rotatable bonds is 5. The molecule has 0 radical (unpaired) electrons. The molecule has 0 atom stereocenters. The van der Waals surface area contributed by atoms with E-state index >= 15 is 0 Å². The molecule has 0 bridgehead atoms. The quantitative estimate of drug-likeness (QED) is 0.880. The number of nitrogens with two attached hydrogens (primary N) is 1. The molecule has 4 nitrogen and oxygen atoms in total. The molecule has 0 spiro atoms. The van der Waals surface area contributed by atoms with Gasteiger partial charge in [0, 0.05) is 17.8 Å². The number of anilines is 1. The molecule has 1 amide bonds. The van der Waals surface area contributed by atoms with Crippen molar-refractivity contribution in [1.82, 2.24) is 0 Å². The lowest BCUT2D eigenvalue weighted by Gasteiger charge is -2.07. The van der Waals surface area contributed by atoms with E-state index in [4.69, 9.17) is 10.5 Å². The largest absolute Gasteiger partial charge is 0.492 e. The minimum absolute atomic E-state index is 0.272. The maximum Gasteiger partial charge on any atom is 0.255 e. The molecule has 0 fully saturated rings. The Hall–Kier alpha value is -2.40. The molecule has 0 saturated heterocycles. The average molecular weight is 274 g/mol. The monoisotopic (exact) mass is 274 g/mol. The molecule has 0 heterocycles. The van der Waals surface area contributed by atoms with Crippen molar-refractivity contribution in [2.75, 3.05) is 18.5 Å². The fraction of sp³-hybridized carbons (Fsp3) is 0.133. The summed E-state index contributed by atoms with van der Waals surface area (Å²) in [4.78, 5) is 11.9. The van der Waals surface area contributed by atoms with Crippen LogP contribution in [0.25, 0.3) is 0 Å². The van der Waals surface area contributed by atoms with E-state index in [0.29, 0.717) is 24.6 Å². The molecule has 0 saturated carbocycles. The van der Waals surface area contributed by atoms with Gasteiger partial charge in [0.15, 0.2) is 0 Å². The summed E-state index contributed by atoms with van der Waals surface area (Å²) in [6.07, 6.45) is 0. The maximum absolute atomic E-state index is 13.0. The summed E-state index contributed by atoms with van der Waals surface area (Å²) >= 11 is 0. The molecular formula is C15H15FN2O2. The van der Waals surface area contributed by atoms with Crippen molar-refractivity contribution >= 4 is 11.6 Å². The SMILES string of the molecule is NCCOc1ccc(NC(=O)c2cccc(F)c2)cc1. The van der Waals surface area contributed by atoms with Crippen LogP contribution >= 0.6 is 0 Å². The highest BCUT2D eigenvalue weighted by Crippen LogP contribution is 2.16. The third kappa shape index (κ3) is 3.80. The van der Waals surface area contributed by atoms with Crippen LogP contribution in [0.5, 0.6) is 5.75 Å². The Bertz CT molecular complexity index is 585. The van der Waals surface area contributed by atoms with Crippen molar-refractivity contribution < 1.29 is 13.9 Å². The molecule has 2 rings (SSSR count). The lowest BCUT2D eigenvalue weighted by molar-refractivity contribution is 0.102. The van der Waals surface area contributed by atoms with Crippen LogP contribution in [-0.4, -0.2) is 19.1 Å². The molecular weight excluding hydrogens is 259 g/mol. The van der Waals surface area contributed by atoms with Gasteiger partial charge in [0.05, 0.1) is 0 Å². The Balaban J connectivity index is 2.01. The van der Waals surface area contributed by atoms with E-state index in [1.807, 2.05) is 0 Å². The van der Waals surface area contributed by atoms with Crippen molar-refractivity contribution in [3.8, 4) is 5.75 Å². The Morgan fingerprint density at radius 2 is 1.95 bits per heavy atom. The van der Waals surface area contributed by atoms with Gasteiger partial charge in [-0.25, -0.2) is 4.39 Å². The normalized spacial score (nSPS) is 10.1. The summed E-state index contributed by atoms with van der Waals surface area (Å²) in [6.45, 7) is 0.882. The number of hydrogen-bond donors (Lipinski definition) is 2. The number of halogens is 1. The van der Waals surface area contributed by atoms with Crippen LogP contribution in [-0.2, 0) is 0 Å². The summed E-state index contributed by atoms with van der Waals surface area (Å²) < 4.78 is 18.4. The van der Waals surface area contributed by atoms with E-state index in [1.54, 1.807) is 30.3 Å². The Morgan fingerprint density at radius 3 is 2.60 bits per heavy atom. The third-order valence-electron chi connectivity index (χ3n) is 2.59. The zero-order chi connectivity index (χ0) is 14.4. The minimum Gasteiger partial charge on any atom is -0.492 e. The number of hydrogen-bond acceptors (Lipinski definition) is 3. The van der Waals surface area contributed by atoms with Crippen LogP contribution in [0.1, 0.15) is 10.4 Å². The maximum atomic E-state index is 13.0. The Kier molecular flexibility index (Phi) is 4.68. The van der Waals surface area contributed by atoms with Crippen molar-refractivity contribution in [2.45, 2.75) is 0 Å². The van der Waals surface area contributed by atoms with Crippen LogP contribution in [0.15, 0.2) is 48.5 Å². The third-order valence-corrected chi connectivity index (χ3v) is 2.59. The molecule has 0 aliphatic rings. The first-order valence-electron chi connectivity index (χ1n) is 6.19. The van der Waals surface area contributed by atoms with Crippen LogP contribution in [0, 0.1) is 5.82 Å². The van der Waals surface area contributed by atoms with E-state index in [-0.39, 0.29) is 11.5 Å². The van der Waals surface area contributed by atoms with Gasteiger partial charge in [0.25, 0.3) is 5.91 Å². The van der Waals surface area contributed by atoms with Gasteiger partial charge in [-0.3, -0.25) is 4.79 Å². The second kappa shape index (κ2) is 6.68. The van der Waals surface area contributed by atoms with Crippen LogP contribution in [0.3, 0.4) is 0 Å². The first kappa shape index (κ1) is 14.0. The van der Waals surface area contributed by atoms with Crippen LogP contribution < -0.4 is 15.8 Å². The number of benzene rings is 2. The fourth-order valence-electron chi connectivity index (χ4n) is 1.64. The van der Waals surface area contributed by atoms with Gasteiger partial charge >= 0.3 is 0 Å². The lowest BCUT2D eigenvalue weighted by Crippen LogP contribution is -2.12. The van der Waals surface area contributed by atoms with Crippen molar-refractivity contribution in [2.24, 2.45) is 5.73 Å². The predicted molar refractivity (Wildman–Crippen MR) is 75.3 cm³/mol. The molecule has 0 aromatic heterocycles. The molecule has 2 aromatic carbocycles. The van der Waals surface area contributed by atoms with Crippen LogP contribution in [0.2, 0.25) is 0 Å². The van der Waals surface area contributed by atoms with Gasteiger partial charge in [0.2, 0.25) is 0 Å². The second-order valence-corrected chi connectivity index (χ2v) is 4.13. The average Bonchev–Trinajstić information content (AvgIpc) is 2.46. The second-order valence-electron chi connectivity index (χ2n) is 4.13. The van der Waals surface area contributed by atoms with Gasteiger partial charge in [-0.05, 0) is 42.5 Å². The van der Waals surface area contributed by atoms with Gasteiger partial charge in [-0.1, -0.05) is 6.07 Å². The molecule has 3 N–H and O–H groups in total. The van der Waals surface area contributed by atoms with Crippen LogP contribution in [0.4, 0.5) is 10.1 Å². The smallest absolute Gasteiger partial charge is 0.255 e. The van der Waals surface area contributed by atoms with Crippen molar-refractivity contribution in [1.29, 1.82) is 0 Å². The summed E-state index contributed by atoms with van der Waals surface area (Å²) in [5, 5.41) is 2.68. The Labute approximate surface area is 116 Å². The van der Waals surface area contributed by atoms with Gasteiger partial charge in [0.1, 0.15) is 18.2 Å². The van der Waals surface area contributed by atoms with Gasteiger partial charge < -0.3 is 15.8 Å². The first-order valence-corrected chi connectivity index (χ1v) is 6.19. The van der Waals surface area contributed by atoms with Crippen molar-refractivity contribution in [3.05, 3.63) is 59.9 Å². The number of amides is 1. The number of carbonyl (C=O) groups is 1. The predicted octanol–water partition coefficient (Wildman–Crippen LogP) is 2.42. The fourth-order valence-corrected chi connectivity index (χ4v) is 1.64. The zero-order valence-corrected chi connectivity index (χ0v) is 10.8. The molecule has 0 unspecified atom stereocenters. The van der Waals surface area contributed by atoms with E-state index in [1.165, 1.54) is 18.2 Å². The van der Waals surface area contributed by atoms with E-state index in [0.717, 1.165) is 0 Å². The minimum atomic E-state index is -0.441. The highest BCUT2D eigenvalue weighted by atomic mass is 19.1. The standard InChI is InChI=1S/C15H15FN2O2/c16-12-3-1-2-11(10-12)15(19)18-13-4-6-14(7-5-13)20-9-8-17/h1-7,10H,8-9,17H2,(H,18,19). The van der Waals surface area contributed by atoms with E-state index in [2.05, 4.69) is 5.32 Å². The summed E-state index contributed by atoms with van der Waals surface area (Å²) in [6, 6.07) is 12.4. The number of carbonyl (C=O) groups excluding carboxylic acids is 1. The Morgan fingerprint density at radius 1 is 1.20 bits per heavy atom. The van der Waals surface area contributed by atoms with Gasteiger partial charge in [-0.2, -0.15) is 0 Å². The van der Waals surface area contributed by atoms with Crippen molar-refractivity contribution in [3.63, 3.8) is 0 Å². The molecule has 0 aliphatic carbocycles. The van der Waals surface area contributed by atoms with Gasteiger partial charge in [-0.15, -0.1) is 0 Å². The summed E-state index contributed by atoms with van der Waals surface area (Å²) in [5.74, 6) is -0.123. The molecule has 2 aromatic rings.